The van der Waals surface area contributed by atoms with Gasteiger partial charge in [-0.2, -0.15) is 0 Å². The van der Waals surface area contributed by atoms with Gasteiger partial charge in [0.2, 0.25) is 5.75 Å². The molecule has 5 nitrogen and oxygen atoms in total. The van der Waals surface area contributed by atoms with E-state index in [4.69, 9.17) is 16.3 Å². The highest BCUT2D eigenvalue weighted by atomic mass is 35.5. The SMILES string of the molecule is COc1c(O)c(O)cc2c1C(CC(=O)CCc1ccc(Cl)cc1)[N+](C)(C)CC2. The molecular formula is C22H27ClNO4+. The molecule has 2 aromatic rings. The Morgan fingerprint density at radius 3 is 2.57 bits per heavy atom. The van der Waals surface area contributed by atoms with Crippen molar-refractivity contribution in [1.29, 1.82) is 0 Å². The normalized spacial score (nSPS) is 17.8. The minimum Gasteiger partial charge on any atom is -0.504 e. The molecule has 1 atom stereocenters. The number of Topliss-reactive ketones (excluding diaryl/α,β-unsaturated/α-hetero) is 1. The molecule has 1 aliphatic rings. The summed E-state index contributed by atoms with van der Waals surface area (Å²) in [7, 11) is 5.65. The standard InChI is InChI=1S/C22H26ClNO4/c1-24(2)11-10-15-12-19(26)21(27)22(28-3)20(15)18(24)13-17(25)9-6-14-4-7-16(23)8-5-14/h4-5,7-8,12,18H,6,9-11,13H2,1-3H3,(H-,26,27)/p+1. The van der Waals surface area contributed by atoms with Crippen molar-refractivity contribution in [2.75, 3.05) is 27.7 Å². The summed E-state index contributed by atoms with van der Waals surface area (Å²) in [4.78, 5) is 12.8. The number of carbonyl (C=O) groups is 1. The largest absolute Gasteiger partial charge is 0.504 e. The maximum Gasteiger partial charge on any atom is 0.201 e. The zero-order valence-electron chi connectivity index (χ0n) is 16.5. The number of ketones is 1. The summed E-state index contributed by atoms with van der Waals surface area (Å²) in [5.74, 6) is -0.0117. The van der Waals surface area contributed by atoms with Crippen molar-refractivity contribution in [3.63, 3.8) is 0 Å². The predicted molar refractivity (Wildman–Crippen MR) is 109 cm³/mol. The average molecular weight is 405 g/mol. The quantitative estimate of drug-likeness (QED) is 0.563. The van der Waals surface area contributed by atoms with Crippen LogP contribution in [0.3, 0.4) is 0 Å². The first kappa shape index (κ1) is 20.5. The van der Waals surface area contributed by atoms with Gasteiger partial charge in [-0.25, -0.2) is 0 Å². The number of ether oxygens (including phenoxy) is 1. The van der Waals surface area contributed by atoms with Gasteiger partial charge >= 0.3 is 0 Å². The lowest BCUT2D eigenvalue weighted by Gasteiger charge is -2.43. The van der Waals surface area contributed by atoms with Crippen LogP contribution in [-0.4, -0.2) is 48.2 Å². The van der Waals surface area contributed by atoms with Gasteiger partial charge in [0.25, 0.3) is 0 Å². The molecule has 0 bridgehead atoms. The number of aryl methyl sites for hydroxylation is 1. The third-order valence-corrected chi connectivity index (χ3v) is 5.98. The molecule has 1 unspecified atom stereocenters. The lowest BCUT2D eigenvalue weighted by atomic mass is 9.86. The van der Waals surface area contributed by atoms with Crippen LogP contribution in [-0.2, 0) is 17.6 Å². The minimum atomic E-state index is -0.262. The van der Waals surface area contributed by atoms with E-state index in [0.29, 0.717) is 28.8 Å². The summed E-state index contributed by atoms with van der Waals surface area (Å²) in [6.07, 6.45) is 2.22. The number of aromatic hydroxyl groups is 2. The van der Waals surface area contributed by atoms with Crippen LogP contribution >= 0.6 is 11.6 Å². The first-order valence-electron chi connectivity index (χ1n) is 9.43. The minimum absolute atomic E-state index is 0.136. The highest BCUT2D eigenvalue weighted by Gasteiger charge is 2.40. The molecule has 0 aliphatic carbocycles. The van der Waals surface area contributed by atoms with Gasteiger partial charge in [0.1, 0.15) is 11.8 Å². The van der Waals surface area contributed by atoms with Gasteiger partial charge in [0.05, 0.1) is 39.7 Å². The van der Waals surface area contributed by atoms with E-state index in [1.807, 2.05) is 24.3 Å². The summed E-state index contributed by atoms with van der Waals surface area (Å²) >= 11 is 5.92. The van der Waals surface area contributed by atoms with Crippen LogP contribution in [0.4, 0.5) is 0 Å². The summed E-state index contributed by atoms with van der Waals surface area (Å²) in [6.45, 7) is 0.843. The number of hydrogen-bond acceptors (Lipinski definition) is 4. The van der Waals surface area contributed by atoms with E-state index in [1.165, 1.54) is 7.11 Å². The molecule has 0 saturated carbocycles. The smallest absolute Gasteiger partial charge is 0.201 e. The number of rotatable bonds is 6. The molecule has 1 heterocycles. The van der Waals surface area contributed by atoms with Crippen LogP contribution < -0.4 is 4.74 Å². The molecule has 28 heavy (non-hydrogen) atoms. The van der Waals surface area contributed by atoms with Crippen molar-refractivity contribution in [1.82, 2.24) is 0 Å². The van der Waals surface area contributed by atoms with E-state index in [0.717, 1.165) is 29.7 Å². The van der Waals surface area contributed by atoms with Crippen molar-refractivity contribution < 1.29 is 24.2 Å². The topological polar surface area (TPSA) is 66.8 Å². The van der Waals surface area contributed by atoms with Gasteiger partial charge in [-0.3, -0.25) is 4.79 Å². The Balaban J connectivity index is 1.83. The molecule has 0 amide bonds. The number of quaternary nitrogens is 1. The van der Waals surface area contributed by atoms with Gasteiger partial charge in [-0.15, -0.1) is 0 Å². The number of benzene rings is 2. The Morgan fingerprint density at radius 1 is 1.25 bits per heavy atom. The van der Waals surface area contributed by atoms with Crippen LogP contribution in [0.1, 0.15) is 35.6 Å². The van der Waals surface area contributed by atoms with E-state index in [2.05, 4.69) is 14.1 Å². The van der Waals surface area contributed by atoms with Crippen LogP contribution in [0, 0.1) is 0 Å². The van der Waals surface area contributed by atoms with Crippen LogP contribution in [0.15, 0.2) is 30.3 Å². The number of methoxy groups -OCH3 is 1. The number of nitrogens with zero attached hydrogens (tertiary/aromatic N) is 1. The van der Waals surface area contributed by atoms with E-state index in [-0.39, 0.29) is 29.1 Å². The summed E-state index contributed by atoms with van der Waals surface area (Å²) in [5, 5.41) is 21.0. The summed E-state index contributed by atoms with van der Waals surface area (Å²) in [6, 6.07) is 9.00. The lowest BCUT2D eigenvalue weighted by molar-refractivity contribution is -0.922. The molecular weight excluding hydrogens is 378 g/mol. The Kier molecular flexibility index (Phi) is 5.87. The van der Waals surface area contributed by atoms with E-state index in [9.17, 15) is 15.0 Å². The fraction of sp³-hybridized carbons (Fsp3) is 0.409. The molecule has 2 N–H and O–H groups in total. The first-order chi connectivity index (χ1) is 13.2. The number of halogens is 1. The Hall–Kier alpha value is -2.24. The monoisotopic (exact) mass is 404 g/mol. The summed E-state index contributed by atoms with van der Waals surface area (Å²) < 4.78 is 6.05. The van der Waals surface area contributed by atoms with Gasteiger partial charge < -0.3 is 19.4 Å². The average Bonchev–Trinajstić information content (AvgIpc) is 2.65. The molecule has 6 heteroatoms. The van der Waals surface area contributed by atoms with Crippen molar-refractivity contribution in [3.8, 4) is 17.2 Å². The molecule has 1 aliphatic heterocycles. The summed E-state index contributed by atoms with van der Waals surface area (Å²) in [5.41, 5.74) is 2.84. The molecule has 3 rings (SSSR count). The molecule has 0 radical (unpaired) electrons. The highest BCUT2D eigenvalue weighted by molar-refractivity contribution is 6.30. The van der Waals surface area contributed by atoms with Gasteiger partial charge in [0.15, 0.2) is 11.5 Å². The van der Waals surface area contributed by atoms with Crippen molar-refractivity contribution in [2.24, 2.45) is 0 Å². The van der Waals surface area contributed by atoms with Gasteiger partial charge in [-0.05, 0) is 35.7 Å². The van der Waals surface area contributed by atoms with E-state index < -0.39 is 0 Å². The van der Waals surface area contributed by atoms with Crippen molar-refractivity contribution in [2.45, 2.75) is 31.7 Å². The second-order valence-electron chi connectivity index (χ2n) is 7.99. The second kappa shape index (κ2) is 8.02. The molecule has 150 valence electrons. The van der Waals surface area contributed by atoms with Gasteiger partial charge in [-0.1, -0.05) is 23.7 Å². The van der Waals surface area contributed by atoms with Crippen LogP contribution in [0.5, 0.6) is 17.2 Å². The molecule has 0 spiro atoms. The number of carbonyl (C=O) groups excluding carboxylic acids is 1. The highest BCUT2D eigenvalue weighted by Crippen LogP contribution is 2.48. The number of phenols is 2. The van der Waals surface area contributed by atoms with Crippen molar-refractivity contribution in [3.05, 3.63) is 52.0 Å². The van der Waals surface area contributed by atoms with E-state index in [1.54, 1.807) is 6.07 Å². The van der Waals surface area contributed by atoms with Crippen LogP contribution in [0.2, 0.25) is 5.02 Å². The lowest BCUT2D eigenvalue weighted by Crippen LogP contribution is -2.48. The second-order valence-corrected chi connectivity index (χ2v) is 8.42. The van der Waals surface area contributed by atoms with Crippen LogP contribution in [0.25, 0.3) is 0 Å². The fourth-order valence-corrected chi connectivity index (χ4v) is 4.12. The molecule has 0 fully saturated rings. The van der Waals surface area contributed by atoms with E-state index >= 15 is 0 Å². The number of phenolic OH excluding ortho intramolecular Hbond substituents is 2. The molecule has 0 aromatic heterocycles. The Morgan fingerprint density at radius 2 is 1.93 bits per heavy atom. The van der Waals surface area contributed by atoms with Crippen molar-refractivity contribution >= 4 is 17.4 Å². The third kappa shape index (κ3) is 4.10. The maximum absolute atomic E-state index is 12.8. The number of likely N-dealkylation sites (N-methyl/N-ethyl adjacent to an activating group) is 1. The Labute approximate surface area is 170 Å². The maximum atomic E-state index is 12.8. The number of fused-ring (bicyclic) bond motifs is 1. The molecule has 0 saturated heterocycles. The van der Waals surface area contributed by atoms with Gasteiger partial charge in [0, 0.05) is 17.9 Å². The Bertz CT molecular complexity index is 877. The zero-order valence-corrected chi connectivity index (χ0v) is 17.3. The zero-order chi connectivity index (χ0) is 20.5. The first-order valence-corrected chi connectivity index (χ1v) is 9.81. The third-order valence-electron chi connectivity index (χ3n) is 5.72. The predicted octanol–water partition coefficient (Wildman–Crippen LogP) is 4.03. The fourth-order valence-electron chi connectivity index (χ4n) is 4.00. The number of hydrogen-bond donors (Lipinski definition) is 2. The molecule has 2 aromatic carbocycles.